The van der Waals surface area contributed by atoms with Gasteiger partial charge in [0.15, 0.2) is 5.65 Å². The van der Waals surface area contributed by atoms with Gasteiger partial charge in [0.2, 0.25) is 5.88 Å². The van der Waals surface area contributed by atoms with Crippen molar-refractivity contribution >= 4 is 17.3 Å². The summed E-state index contributed by atoms with van der Waals surface area (Å²) in [7, 11) is 3.19. The van der Waals surface area contributed by atoms with Crippen molar-refractivity contribution < 1.29 is 9.47 Å². The highest BCUT2D eigenvalue weighted by Crippen LogP contribution is 2.19. The molecule has 1 aromatic carbocycles. The van der Waals surface area contributed by atoms with E-state index < -0.39 is 0 Å². The van der Waals surface area contributed by atoms with Crippen LogP contribution in [0.5, 0.6) is 11.6 Å². The summed E-state index contributed by atoms with van der Waals surface area (Å²) in [5, 5.41) is 15.5. The number of rotatable bonds is 4. The van der Waals surface area contributed by atoms with Crippen LogP contribution in [-0.2, 0) is 0 Å². The third kappa shape index (κ3) is 2.20. The monoisotopic (exact) mass is 271 g/mol. The van der Waals surface area contributed by atoms with Crippen molar-refractivity contribution in [3.63, 3.8) is 0 Å². The van der Waals surface area contributed by atoms with Gasteiger partial charge in [0, 0.05) is 11.8 Å². The highest BCUT2D eigenvalue weighted by atomic mass is 16.5. The molecule has 7 nitrogen and oxygen atoms in total. The van der Waals surface area contributed by atoms with Crippen LogP contribution in [0.3, 0.4) is 0 Å². The van der Waals surface area contributed by atoms with Crippen molar-refractivity contribution in [1.29, 1.82) is 0 Å². The van der Waals surface area contributed by atoms with Gasteiger partial charge in [0.25, 0.3) is 5.95 Å². The minimum atomic E-state index is 0.495. The molecule has 0 amide bonds. The summed E-state index contributed by atoms with van der Waals surface area (Å²) in [5.74, 6) is 1.81. The zero-order valence-electron chi connectivity index (χ0n) is 11.1. The van der Waals surface area contributed by atoms with Crippen LogP contribution in [0.1, 0.15) is 0 Å². The fourth-order valence-electron chi connectivity index (χ4n) is 1.76. The number of methoxy groups -OCH3 is 2. The lowest BCUT2D eigenvalue weighted by molar-refractivity contribution is 0.390. The van der Waals surface area contributed by atoms with Crippen molar-refractivity contribution in [3.8, 4) is 11.6 Å². The van der Waals surface area contributed by atoms with Crippen LogP contribution in [-0.4, -0.2) is 34.0 Å². The SMILES string of the molecule is COc1ccc(Nc2nnc3ccc(OC)nn23)cc1. The third-order valence-corrected chi connectivity index (χ3v) is 2.79. The van der Waals surface area contributed by atoms with Gasteiger partial charge in [0.1, 0.15) is 5.75 Å². The molecule has 1 N–H and O–H groups in total. The average molecular weight is 271 g/mol. The Morgan fingerprint density at radius 3 is 2.45 bits per heavy atom. The molecule has 20 heavy (non-hydrogen) atoms. The highest BCUT2D eigenvalue weighted by molar-refractivity contribution is 5.57. The molecule has 2 aromatic heterocycles. The Labute approximate surface area is 115 Å². The molecule has 0 saturated heterocycles. The van der Waals surface area contributed by atoms with Gasteiger partial charge < -0.3 is 14.8 Å². The van der Waals surface area contributed by atoms with Gasteiger partial charge in [0.05, 0.1) is 14.2 Å². The Kier molecular flexibility index (Phi) is 3.08. The van der Waals surface area contributed by atoms with Crippen LogP contribution in [0.4, 0.5) is 11.6 Å². The number of nitrogens with one attached hydrogen (secondary N) is 1. The first-order valence-electron chi connectivity index (χ1n) is 5.97. The van der Waals surface area contributed by atoms with Crippen molar-refractivity contribution in [2.75, 3.05) is 19.5 Å². The van der Waals surface area contributed by atoms with Gasteiger partial charge in [-0.2, -0.15) is 4.52 Å². The molecule has 102 valence electrons. The van der Waals surface area contributed by atoms with Crippen LogP contribution in [0.25, 0.3) is 5.65 Å². The topological polar surface area (TPSA) is 73.6 Å². The summed E-state index contributed by atoms with van der Waals surface area (Å²) in [6.07, 6.45) is 0. The maximum absolute atomic E-state index is 5.12. The second-order valence-electron chi connectivity index (χ2n) is 4.02. The van der Waals surface area contributed by atoms with E-state index in [0.717, 1.165) is 11.4 Å². The zero-order chi connectivity index (χ0) is 13.9. The molecule has 0 fully saturated rings. The number of fused-ring (bicyclic) bond motifs is 1. The first kappa shape index (κ1) is 12.2. The minimum absolute atomic E-state index is 0.495. The number of hydrogen-bond donors (Lipinski definition) is 1. The van der Waals surface area contributed by atoms with Crippen LogP contribution in [0.2, 0.25) is 0 Å². The molecule has 0 aliphatic carbocycles. The van der Waals surface area contributed by atoms with Crippen molar-refractivity contribution in [2.24, 2.45) is 0 Å². The molecule has 0 saturated carbocycles. The van der Waals surface area contributed by atoms with Crippen molar-refractivity contribution in [1.82, 2.24) is 19.8 Å². The maximum atomic E-state index is 5.12. The van der Waals surface area contributed by atoms with E-state index in [1.165, 1.54) is 0 Å². The molecule has 0 atom stereocenters. The van der Waals surface area contributed by atoms with Crippen LogP contribution >= 0.6 is 0 Å². The summed E-state index contributed by atoms with van der Waals surface area (Å²) in [5.41, 5.74) is 1.51. The fraction of sp³-hybridized carbons (Fsp3) is 0.154. The lowest BCUT2D eigenvalue weighted by Crippen LogP contribution is -2.01. The van der Waals surface area contributed by atoms with Gasteiger partial charge in [-0.05, 0) is 30.3 Å². The summed E-state index contributed by atoms with van der Waals surface area (Å²) in [6.45, 7) is 0. The smallest absolute Gasteiger partial charge is 0.250 e. The predicted molar refractivity (Wildman–Crippen MR) is 73.6 cm³/mol. The number of anilines is 2. The van der Waals surface area contributed by atoms with Crippen molar-refractivity contribution in [2.45, 2.75) is 0 Å². The first-order chi connectivity index (χ1) is 9.80. The van der Waals surface area contributed by atoms with E-state index >= 15 is 0 Å². The Morgan fingerprint density at radius 1 is 0.950 bits per heavy atom. The van der Waals surface area contributed by atoms with Gasteiger partial charge in [-0.15, -0.1) is 15.3 Å². The molecule has 3 aromatic rings. The molecule has 2 heterocycles. The number of aromatic nitrogens is 4. The molecular weight excluding hydrogens is 258 g/mol. The standard InChI is InChI=1S/C13H13N5O2/c1-19-10-5-3-9(4-6-10)14-13-16-15-11-7-8-12(20-2)17-18(11)13/h3-8H,1-2H3,(H,14,16). The summed E-state index contributed by atoms with van der Waals surface area (Å²) in [4.78, 5) is 0. The Balaban J connectivity index is 1.93. The minimum Gasteiger partial charge on any atom is -0.497 e. The van der Waals surface area contributed by atoms with Gasteiger partial charge in [-0.1, -0.05) is 0 Å². The first-order valence-corrected chi connectivity index (χ1v) is 5.97. The molecule has 0 aliphatic heterocycles. The van der Waals surface area contributed by atoms with E-state index in [1.54, 1.807) is 30.9 Å². The normalized spacial score (nSPS) is 10.5. The third-order valence-electron chi connectivity index (χ3n) is 2.79. The summed E-state index contributed by atoms with van der Waals surface area (Å²) < 4.78 is 11.8. The second kappa shape index (κ2) is 5.04. The lowest BCUT2D eigenvalue weighted by atomic mass is 10.3. The number of hydrogen-bond acceptors (Lipinski definition) is 6. The Morgan fingerprint density at radius 2 is 1.75 bits per heavy atom. The van der Waals surface area contributed by atoms with Crippen LogP contribution < -0.4 is 14.8 Å². The van der Waals surface area contributed by atoms with E-state index in [-0.39, 0.29) is 0 Å². The maximum Gasteiger partial charge on any atom is 0.250 e. The number of benzene rings is 1. The summed E-state index contributed by atoms with van der Waals surface area (Å²) in [6, 6.07) is 11.0. The second-order valence-corrected chi connectivity index (χ2v) is 4.02. The molecule has 0 spiro atoms. The average Bonchev–Trinajstić information content (AvgIpc) is 2.90. The van der Waals surface area contributed by atoms with Crippen molar-refractivity contribution in [3.05, 3.63) is 36.4 Å². The van der Waals surface area contributed by atoms with E-state index in [1.807, 2.05) is 24.3 Å². The largest absolute Gasteiger partial charge is 0.497 e. The molecule has 0 radical (unpaired) electrons. The quantitative estimate of drug-likeness (QED) is 0.781. The molecule has 0 aliphatic rings. The molecule has 3 rings (SSSR count). The van der Waals surface area contributed by atoms with E-state index in [9.17, 15) is 0 Å². The lowest BCUT2D eigenvalue weighted by Gasteiger charge is -2.05. The molecule has 0 bridgehead atoms. The van der Waals surface area contributed by atoms with Crippen LogP contribution in [0.15, 0.2) is 36.4 Å². The molecular formula is C13H13N5O2. The zero-order valence-corrected chi connectivity index (χ0v) is 11.1. The summed E-state index contributed by atoms with van der Waals surface area (Å²) >= 11 is 0. The van der Waals surface area contributed by atoms with E-state index in [0.29, 0.717) is 17.5 Å². The Hall–Kier alpha value is -2.83. The highest BCUT2D eigenvalue weighted by Gasteiger charge is 2.08. The number of nitrogens with zero attached hydrogens (tertiary/aromatic N) is 4. The van der Waals surface area contributed by atoms with Gasteiger partial charge in [-0.3, -0.25) is 0 Å². The predicted octanol–water partition coefficient (Wildman–Crippen LogP) is 1.89. The fourth-order valence-corrected chi connectivity index (χ4v) is 1.76. The Bertz CT molecular complexity index is 723. The van der Waals surface area contributed by atoms with Gasteiger partial charge in [-0.25, -0.2) is 0 Å². The van der Waals surface area contributed by atoms with E-state index in [2.05, 4.69) is 20.6 Å². The van der Waals surface area contributed by atoms with E-state index in [4.69, 9.17) is 9.47 Å². The molecule has 7 heteroatoms. The number of ether oxygens (including phenoxy) is 2. The van der Waals surface area contributed by atoms with Crippen LogP contribution in [0, 0.1) is 0 Å². The molecule has 0 unspecified atom stereocenters. The van der Waals surface area contributed by atoms with Gasteiger partial charge >= 0.3 is 0 Å².